The summed E-state index contributed by atoms with van der Waals surface area (Å²) < 4.78 is 11.0. The van der Waals surface area contributed by atoms with Gasteiger partial charge in [-0.1, -0.05) is 11.3 Å². The van der Waals surface area contributed by atoms with Gasteiger partial charge in [0.25, 0.3) is 11.6 Å². The van der Waals surface area contributed by atoms with Gasteiger partial charge in [-0.3, -0.25) is 20.2 Å². The number of aromatic nitrogens is 2. The Morgan fingerprint density at radius 3 is 2.83 bits per heavy atom. The van der Waals surface area contributed by atoms with Crippen LogP contribution in [-0.2, 0) is 4.79 Å². The maximum atomic E-state index is 12.6. The second-order valence-corrected chi connectivity index (χ2v) is 8.59. The van der Waals surface area contributed by atoms with Gasteiger partial charge in [0.1, 0.15) is 28.9 Å². The van der Waals surface area contributed by atoms with Gasteiger partial charge in [-0.25, -0.2) is 0 Å². The van der Waals surface area contributed by atoms with Gasteiger partial charge < -0.3 is 14.1 Å². The standard InChI is InChI=1S/C23H22N6O5S/c1-2-33-16-6-8-18(19(13-16)29(31)32)20-9-7-17(34-20)12-15(14-24)21(30)25-22-26-27-23(35-22)28-10-4-3-5-11-28/h6-9,12-13H,2-5,10-11H2,1H3,(H,25,26,30)/b15-12-. The quantitative estimate of drug-likeness (QED) is 0.205. The van der Waals surface area contributed by atoms with Crippen LogP contribution in [0.25, 0.3) is 17.4 Å². The topological polar surface area (TPSA) is 147 Å². The monoisotopic (exact) mass is 494 g/mol. The molecule has 12 heteroatoms. The average molecular weight is 495 g/mol. The predicted octanol–water partition coefficient (Wildman–Crippen LogP) is 4.64. The van der Waals surface area contributed by atoms with Gasteiger partial charge in [-0.05, 0) is 50.5 Å². The van der Waals surface area contributed by atoms with E-state index in [9.17, 15) is 20.2 Å². The van der Waals surface area contributed by atoms with Gasteiger partial charge in [0.05, 0.1) is 23.2 Å². The second kappa shape index (κ2) is 10.8. The SMILES string of the molecule is CCOc1ccc(-c2ccc(/C=C(/C#N)C(=O)Nc3nnc(N4CCCCC4)s3)o2)c([N+](=O)[O-])c1. The normalized spacial score (nSPS) is 13.8. The number of hydrogen-bond acceptors (Lipinski definition) is 10. The van der Waals surface area contributed by atoms with Gasteiger partial charge in [0.15, 0.2) is 0 Å². The number of anilines is 2. The van der Waals surface area contributed by atoms with Crippen LogP contribution in [-0.4, -0.2) is 40.7 Å². The van der Waals surface area contributed by atoms with E-state index >= 15 is 0 Å². The molecule has 35 heavy (non-hydrogen) atoms. The first kappa shape index (κ1) is 23.9. The number of piperidine rings is 1. The van der Waals surface area contributed by atoms with Crippen LogP contribution in [0.4, 0.5) is 16.0 Å². The van der Waals surface area contributed by atoms with E-state index in [4.69, 9.17) is 9.15 Å². The van der Waals surface area contributed by atoms with Crippen molar-refractivity contribution in [1.29, 1.82) is 5.26 Å². The molecule has 4 rings (SSSR count). The van der Waals surface area contributed by atoms with Crippen LogP contribution in [0.2, 0.25) is 0 Å². The van der Waals surface area contributed by atoms with E-state index in [-0.39, 0.29) is 28.3 Å². The molecule has 0 bridgehead atoms. The Morgan fingerprint density at radius 1 is 1.31 bits per heavy atom. The summed E-state index contributed by atoms with van der Waals surface area (Å²) in [6, 6.07) is 9.38. The zero-order valence-corrected chi connectivity index (χ0v) is 19.7. The fourth-order valence-corrected chi connectivity index (χ4v) is 4.43. The largest absolute Gasteiger partial charge is 0.494 e. The number of carbonyl (C=O) groups excluding carboxylic acids is 1. The number of ether oxygens (including phenoxy) is 1. The zero-order chi connectivity index (χ0) is 24.8. The molecule has 1 amide bonds. The number of carbonyl (C=O) groups is 1. The van der Waals surface area contributed by atoms with Crippen LogP contribution in [0.15, 0.2) is 40.3 Å². The Bertz CT molecular complexity index is 1300. The van der Waals surface area contributed by atoms with E-state index in [0.717, 1.165) is 31.1 Å². The highest BCUT2D eigenvalue weighted by Crippen LogP contribution is 2.34. The average Bonchev–Trinajstić information content (AvgIpc) is 3.53. The molecule has 0 radical (unpaired) electrons. The molecule has 0 unspecified atom stereocenters. The van der Waals surface area contributed by atoms with Crippen LogP contribution in [0.1, 0.15) is 31.9 Å². The minimum atomic E-state index is -0.654. The van der Waals surface area contributed by atoms with Crippen LogP contribution in [0, 0.1) is 21.4 Å². The first-order valence-corrected chi connectivity index (χ1v) is 11.8. The van der Waals surface area contributed by atoms with Gasteiger partial charge in [0, 0.05) is 19.2 Å². The summed E-state index contributed by atoms with van der Waals surface area (Å²) in [7, 11) is 0. The van der Waals surface area contributed by atoms with Crippen LogP contribution in [0.5, 0.6) is 5.75 Å². The lowest BCUT2D eigenvalue weighted by atomic mass is 10.1. The number of nitrogens with zero attached hydrogens (tertiary/aromatic N) is 5. The van der Waals surface area contributed by atoms with E-state index in [1.54, 1.807) is 13.0 Å². The molecule has 1 aromatic carbocycles. The first-order chi connectivity index (χ1) is 17.0. The van der Waals surface area contributed by atoms with Crippen LogP contribution < -0.4 is 15.0 Å². The third-order valence-corrected chi connectivity index (χ3v) is 6.18. The van der Waals surface area contributed by atoms with Crippen molar-refractivity contribution in [3.05, 3.63) is 51.8 Å². The third-order valence-electron chi connectivity index (χ3n) is 5.28. The zero-order valence-electron chi connectivity index (χ0n) is 18.9. The summed E-state index contributed by atoms with van der Waals surface area (Å²) in [6.07, 6.45) is 4.64. The van der Waals surface area contributed by atoms with Crippen molar-refractivity contribution in [1.82, 2.24) is 10.2 Å². The number of furan rings is 1. The van der Waals surface area contributed by atoms with Crippen molar-refractivity contribution in [3.8, 4) is 23.1 Å². The summed E-state index contributed by atoms with van der Waals surface area (Å²) in [6.45, 7) is 3.97. The fraction of sp³-hybridized carbons (Fsp3) is 0.304. The molecular weight excluding hydrogens is 472 g/mol. The van der Waals surface area contributed by atoms with Crippen molar-refractivity contribution < 1.29 is 18.9 Å². The molecule has 3 heterocycles. The number of nitriles is 1. The Kier molecular flexibility index (Phi) is 7.37. The molecule has 3 aromatic rings. The minimum absolute atomic E-state index is 0.181. The Balaban J connectivity index is 1.50. The lowest BCUT2D eigenvalue weighted by Gasteiger charge is -2.25. The number of hydrogen-bond donors (Lipinski definition) is 1. The van der Waals surface area contributed by atoms with E-state index in [0.29, 0.717) is 17.5 Å². The van der Waals surface area contributed by atoms with Gasteiger partial charge >= 0.3 is 0 Å². The third kappa shape index (κ3) is 5.64. The minimum Gasteiger partial charge on any atom is -0.494 e. The highest BCUT2D eigenvalue weighted by molar-refractivity contribution is 7.19. The molecule has 1 fully saturated rings. The Hall–Kier alpha value is -4.24. The van der Waals surface area contributed by atoms with Gasteiger partial charge in [-0.2, -0.15) is 5.26 Å². The van der Waals surface area contributed by atoms with Crippen molar-refractivity contribution in [2.75, 3.05) is 29.9 Å². The lowest BCUT2D eigenvalue weighted by Crippen LogP contribution is -2.29. The van der Waals surface area contributed by atoms with Crippen LogP contribution in [0.3, 0.4) is 0 Å². The molecule has 180 valence electrons. The predicted molar refractivity (Wildman–Crippen MR) is 130 cm³/mol. The number of nitro groups is 1. The molecule has 0 spiro atoms. The molecule has 0 aliphatic carbocycles. The lowest BCUT2D eigenvalue weighted by molar-refractivity contribution is -0.384. The summed E-state index contributed by atoms with van der Waals surface area (Å²) in [4.78, 5) is 25.8. The number of nitro benzene ring substituents is 1. The summed E-state index contributed by atoms with van der Waals surface area (Å²) in [5.74, 6) is 0.136. The van der Waals surface area contributed by atoms with E-state index in [1.807, 2.05) is 6.07 Å². The smallest absolute Gasteiger partial charge is 0.284 e. The van der Waals surface area contributed by atoms with E-state index in [2.05, 4.69) is 20.4 Å². The molecule has 11 nitrogen and oxygen atoms in total. The van der Waals surface area contributed by atoms with E-state index < -0.39 is 10.8 Å². The highest BCUT2D eigenvalue weighted by Gasteiger charge is 2.21. The molecular formula is C23H22N6O5S. The fourth-order valence-electron chi connectivity index (χ4n) is 3.64. The van der Waals surface area contributed by atoms with Crippen LogP contribution >= 0.6 is 11.3 Å². The molecule has 1 aliphatic heterocycles. The van der Waals surface area contributed by atoms with Gasteiger partial charge in [0.2, 0.25) is 10.3 Å². The molecule has 0 saturated carbocycles. The maximum Gasteiger partial charge on any atom is 0.284 e. The Labute approximate surface area is 204 Å². The molecule has 1 saturated heterocycles. The second-order valence-electron chi connectivity index (χ2n) is 7.63. The number of nitrogens with one attached hydrogen (secondary N) is 1. The summed E-state index contributed by atoms with van der Waals surface area (Å²) in [5.41, 5.74) is -0.137. The molecule has 2 aromatic heterocycles. The molecule has 1 aliphatic rings. The summed E-state index contributed by atoms with van der Waals surface area (Å²) in [5, 5.41) is 32.8. The number of benzene rings is 1. The summed E-state index contributed by atoms with van der Waals surface area (Å²) >= 11 is 1.25. The number of rotatable bonds is 8. The molecule has 0 atom stereocenters. The molecule has 1 N–H and O–H groups in total. The number of amides is 1. The highest BCUT2D eigenvalue weighted by atomic mass is 32.1. The Morgan fingerprint density at radius 2 is 2.11 bits per heavy atom. The van der Waals surface area contributed by atoms with Crippen molar-refractivity contribution >= 4 is 39.3 Å². The van der Waals surface area contributed by atoms with Gasteiger partial charge in [-0.15, -0.1) is 10.2 Å². The maximum absolute atomic E-state index is 12.6. The van der Waals surface area contributed by atoms with E-state index in [1.165, 1.54) is 48.1 Å². The van der Waals surface area contributed by atoms with Crippen molar-refractivity contribution in [2.24, 2.45) is 0 Å². The van der Waals surface area contributed by atoms with Crippen molar-refractivity contribution in [3.63, 3.8) is 0 Å². The first-order valence-electron chi connectivity index (χ1n) is 11.0. The van der Waals surface area contributed by atoms with Crippen molar-refractivity contribution in [2.45, 2.75) is 26.2 Å².